The number of carbonyl (C=O) groups is 1. The number of aromatic nitrogens is 3. The molecule has 0 bridgehead atoms. The molecule has 25 heavy (non-hydrogen) atoms. The first-order valence-electron chi connectivity index (χ1n) is 7.83. The first-order chi connectivity index (χ1) is 12.0. The Labute approximate surface area is 147 Å². The van der Waals surface area contributed by atoms with Crippen molar-refractivity contribution in [3.8, 4) is 5.88 Å². The second-order valence-corrected chi connectivity index (χ2v) is 6.05. The van der Waals surface area contributed by atoms with Crippen LogP contribution in [0, 0.1) is 5.82 Å². The highest BCUT2D eigenvalue weighted by atomic mass is 35.5. The number of carbonyl (C=O) groups excluding carboxylic acids is 1. The van der Waals surface area contributed by atoms with Crippen molar-refractivity contribution < 1.29 is 13.9 Å². The summed E-state index contributed by atoms with van der Waals surface area (Å²) in [5.41, 5.74) is 0.123. The van der Waals surface area contributed by atoms with Gasteiger partial charge in [-0.1, -0.05) is 18.5 Å². The van der Waals surface area contributed by atoms with Crippen LogP contribution in [0.4, 0.5) is 4.39 Å². The zero-order valence-electron chi connectivity index (χ0n) is 13.5. The number of ether oxygens (including phenoxy) is 1. The standard InChI is InChI=1S/C16H16ClFN4O3/c1-2-12-13(18)15(21-8-20-12)25-10-3-4-22(7-10)16(24)9-5-11(17)14(23)19-6-9/h5-6,8,10H,2-4,7H2,1H3,(H,19,23)/t10-/m1/s1. The molecule has 1 aliphatic heterocycles. The van der Waals surface area contributed by atoms with Crippen LogP contribution in [-0.2, 0) is 6.42 Å². The molecule has 1 fully saturated rings. The van der Waals surface area contributed by atoms with E-state index in [1.54, 1.807) is 11.8 Å². The fourth-order valence-corrected chi connectivity index (χ4v) is 2.82. The molecule has 1 amide bonds. The summed E-state index contributed by atoms with van der Waals surface area (Å²) in [5, 5.41) is -0.0481. The van der Waals surface area contributed by atoms with E-state index in [0.29, 0.717) is 31.6 Å². The van der Waals surface area contributed by atoms with Gasteiger partial charge in [0.25, 0.3) is 17.3 Å². The van der Waals surface area contributed by atoms with Crippen LogP contribution in [0.15, 0.2) is 23.4 Å². The highest BCUT2D eigenvalue weighted by Crippen LogP contribution is 2.22. The van der Waals surface area contributed by atoms with E-state index < -0.39 is 11.4 Å². The van der Waals surface area contributed by atoms with Crippen molar-refractivity contribution in [3.63, 3.8) is 0 Å². The summed E-state index contributed by atoms with van der Waals surface area (Å²) in [6.07, 6.45) is 3.21. The summed E-state index contributed by atoms with van der Waals surface area (Å²) in [6.45, 7) is 2.54. The van der Waals surface area contributed by atoms with Gasteiger partial charge in [0, 0.05) is 19.2 Å². The first kappa shape index (κ1) is 17.3. The number of amides is 1. The maximum Gasteiger partial charge on any atom is 0.266 e. The second kappa shape index (κ2) is 7.18. The molecule has 0 spiro atoms. The Morgan fingerprint density at radius 3 is 3.04 bits per heavy atom. The maximum atomic E-state index is 14.2. The van der Waals surface area contributed by atoms with Gasteiger partial charge in [-0.05, 0) is 12.5 Å². The lowest BCUT2D eigenvalue weighted by Crippen LogP contribution is -2.31. The molecule has 3 rings (SSSR count). The summed E-state index contributed by atoms with van der Waals surface area (Å²) >= 11 is 5.75. The van der Waals surface area contributed by atoms with Crippen molar-refractivity contribution in [2.24, 2.45) is 0 Å². The Hall–Kier alpha value is -2.48. The Balaban J connectivity index is 1.68. The van der Waals surface area contributed by atoms with Gasteiger partial charge < -0.3 is 14.6 Å². The molecule has 0 unspecified atom stereocenters. The number of pyridine rings is 1. The van der Waals surface area contributed by atoms with E-state index in [4.69, 9.17) is 16.3 Å². The third kappa shape index (κ3) is 3.63. The number of aromatic amines is 1. The number of likely N-dealkylation sites (tertiary alicyclic amines) is 1. The molecule has 0 radical (unpaired) electrons. The highest BCUT2D eigenvalue weighted by Gasteiger charge is 2.30. The lowest BCUT2D eigenvalue weighted by Gasteiger charge is -2.17. The van der Waals surface area contributed by atoms with Crippen molar-refractivity contribution in [2.75, 3.05) is 13.1 Å². The predicted molar refractivity (Wildman–Crippen MR) is 88.4 cm³/mol. The summed E-state index contributed by atoms with van der Waals surface area (Å²) < 4.78 is 19.8. The average molecular weight is 367 g/mol. The smallest absolute Gasteiger partial charge is 0.266 e. The van der Waals surface area contributed by atoms with E-state index >= 15 is 0 Å². The van der Waals surface area contributed by atoms with Gasteiger partial charge in [-0.3, -0.25) is 9.59 Å². The molecule has 0 saturated carbocycles. The zero-order valence-corrected chi connectivity index (χ0v) is 14.2. The number of hydrogen-bond donors (Lipinski definition) is 1. The van der Waals surface area contributed by atoms with Crippen molar-refractivity contribution in [1.29, 1.82) is 0 Å². The zero-order chi connectivity index (χ0) is 18.0. The normalized spacial score (nSPS) is 16.9. The number of rotatable bonds is 4. The summed E-state index contributed by atoms with van der Waals surface area (Å²) in [5.74, 6) is -0.943. The Morgan fingerprint density at radius 2 is 2.32 bits per heavy atom. The van der Waals surface area contributed by atoms with Crippen LogP contribution < -0.4 is 10.3 Å². The van der Waals surface area contributed by atoms with Crippen molar-refractivity contribution in [2.45, 2.75) is 25.9 Å². The largest absolute Gasteiger partial charge is 0.470 e. The van der Waals surface area contributed by atoms with Crippen LogP contribution in [0.5, 0.6) is 5.88 Å². The Morgan fingerprint density at radius 1 is 1.52 bits per heavy atom. The number of aryl methyl sites for hydroxylation is 1. The second-order valence-electron chi connectivity index (χ2n) is 5.64. The van der Waals surface area contributed by atoms with Crippen molar-refractivity contribution >= 4 is 17.5 Å². The lowest BCUT2D eigenvalue weighted by atomic mass is 10.2. The molecule has 2 aromatic heterocycles. The SMILES string of the molecule is CCc1ncnc(O[C@@H]2CCN(C(=O)c3c[nH]c(=O)c(Cl)c3)C2)c1F. The van der Waals surface area contributed by atoms with Crippen LogP contribution in [0.3, 0.4) is 0 Å². The minimum absolute atomic E-state index is 0.0481. The van der Waals surface area contributed by atoms with Crippen LogP contribution in [0.25, 0.3) is 0 Å². The molecule has 2 aromatic rings. The molecule has 1 atom stereocenters. The van der Waals surface area contributed by atoms with Gasteiger partial charge in [-0.2, -0.15) is 9.37 Å². The molecule has 1 N–H and O–H groups in total. The monoisotopic (exact) mass is 366 g/mol. The summed E-state index contributed by atoms with van der Waals surface area (Å²) in [6, 6.07) is 1.33. The molecule has 0 aromatic carbocycles. The number of hydrogen-bond acceptors (Lipinski definition) is 5. The number of halogens is 2. The van der Waals surface area contributed by atoms with Crippen LogP contribution in [-0.4, -0.2) is 45.0 Å². The molecule has 9 heteroatoms. The van der Waals surface area contributed by atoms with Gasteiger partial charge in [-0.15, -0.1) is 0 Å². The summed E-state index contributed by atoms with van der Waals surface area (Å²) in [4.78, 5) is 35.4. The van der Waals surface area contributed by atoms with Crippen LogP contribution in [0.2, 0.25) is 5.02 Å². The third-order valence-electron chi connectivity index (χ3n) is 3.98. The molecular formula is C16H16ClFN4O3. The highest BCUT2D eigenvalue weighted by molar-refractivity contribution is 6.30. The van der Waals surface area contributed by atoms with Crippen molar-refractivity contribution in [1.82, 2.24) is 19.9 Å². The van der Waals surface area contributed by atoms with Gasteiger partial charge in [0.15, 0.2) is 0 Å². The molecule has 132 valence electrons. The molecule has 1 aliphatic rings. The van der Waals surface area contributed by atoms with E-state index in [2.05, 4.69) is 15.0 Å². The minimum Gasteiger partial charge on any atom is -0.470 e. The predicted octanol–water partition coefficient (Wildman–Crippen LogP) is 1.81. The van der Waals surface area contributed by atoms with E-state index in [0.717, 1.165) is 0 Å². The fraction of sp³-hybridized carbons (Fsp3) is 0.375. The van der Waals surface area contributed by atoms with E-state index in [9.17, 15) is 14.0 Å². The maximum absolute atomic E-state index is 14.2. The van der Waals surface area contributed by atoms with E-state index in [1.165, 1.54) is 18.6 Å². The molecule has 0 aliphatic carbocycles. The number of nitrogens with zero attached hydrogens (tertiary/aromatic N) is 3. The van der Waals surface area contributed by atoms with E-state index in [1.807, 2.05) is 0 Å². The third-order valence-corrected chi connectivity index (χ3v) is 4.26. The molecule has 3 heterocycles. The van der Waals surface area contributed by atoms with Gasteiger partial charge in [0.2, 0.25) is 5.82 Å². The van der Waals surface area contributed by atoms with Gasteiger partial charge in [0.1, 0.15) is 17.5 Å². The Bertz CT molecular complexity index is 858. The molecule has 7 nitrogen and oxygen atoms in total. The Kier molecular flexibility index (Phi) is 4.98. The average Bonchev–Trinajstić information content (AvgIpc) is 3.07. The van der Waals surface area contributed by atoms with Gasteiger partial charge in [0.05, 0.1) is 17.8 Å². The van der Waals surface area contributed by atoms with Gasteiger partial charge in [-0.25, -0.2) is 4.98 Å². The van der Waals surface area contributed by atoms with E-state index in [-0.39, 0.29) is 28.5 Å². The quantitative estimate of drug-likeness (QED) is 0.891. The first-order valence-corrected chi connectivity index (χ1v) is 8.21. The minimum atomic E-state index is -0.567. The van der Waals surface area contributed by atoms with Crippen LogP contribution >= 0.6 is 11.6 Å². The summed E-state index contributed by atoms with van der Waals surface area (Å²) in [7, 11) is 0. The number of H-pyrrole nitrogens is 1. The topological polar surface area (TPSA) is 88.2 Å². The lowest BCUT2D eigenvalue weighted by molar-refractivity contribution is 0.0769. The van der Waals surface area contributed by atoms with Crippen LogP contribution in [0.1, 0.15) is 29.4 Å². The van der Waals surface area contributed by atoms with Crippen molar-refractivity contribution in [3.05, 3.63) is 51.0 Å². The molecular weight excluding hydrogens is 351 g/mol. The molecule has 1 saturated heterocycles. The van der Waals surface area contributed by atoms with Gasteiger partial charge >= 0.3 is 0 Å². The fourth-order valence-electron chi connectivity index (χ4n) is 2.65. The number of nitrogens with one attached hydrogen (secondary N) is 1.